The van der Waals surface area contributed by atoms with Gasteiger partial charge in [-0.05, 0) is 49.5 Å². The number of nitrogens with zero attached hydrogens (tertiary/aromatic N) is 2. The van der Waals surface area contributed by atoms with E-state index in [4.69, 9.17) is 0 Å². The third-order valence-corrected chi connectivity index (χ3v) is 4.23. The van der Waals surface area contributed by atoms with E-state index in [0.29, 0.717) is 18.9 Å². The Morgan fingerprint density at radius 1 is 1.24 bits per heavy atom. The lowest BCUT2D eigenvalue weighted by Crippen LogP contribution is -2.26. The Morgan fingerprint density at radius 2 is 1.95 bits per heavy atom. The Balaban J connectivity index is 1.79. The topological polar surface area (TPSA) is 35.6 Å². The smallest absolute Gasteiger partial charge is 0.222 e. The zero-order valence-corrected chi connectivity index (χ0v) is 13.4. The first kappa shape index (κ1) is 15.8. The van der Waals surface area contributed by atoms with Gasteiger partial charge in [0.05, 0.1) is 0 Å². The number of carbonyl (C=O) groups excluding carboxylic acids is 1. The second-order valence-electron chi connectivity index (χ2n) is 6.21. The Morgan fingerprint density at radius 3 is 2.52 bits per heavy atom. The van der Waals surface area contributed by atoms with E-state index in [0.717, 1.165) is 19.5 Å². The number of rotatable bonds is 6. The first-order valence-electron chi connectivity index (χ1n) is 7.77. The zero-order chi connectivity index (χ0) is 15.2. The van der Waals surface area contributed by atoms with Crippen LogP contribution < -0.4 is 10.2 Å². The lowest BCUT2D eigenvalue weighted by molar-refractivity contribution is -0.130. The van der Waals surface area contributed by atoms with Crippen molar-refractivity contribution in [2.24, 2.45) is 5.92 Å². The number of amides is 1. The minimum atomic E-state index is 0.249. The van der Waals surface area contributed by atoms with Crippen molar-refractivity contribution >= 4 is 11.6 Å². The molecule has 1 fully saturated rings. The molecule has 0 spiro atoms. The molecule has 0 radical (unpaired) electrons. The van der Waals surface area contributed by atoms with Crippen LogP contribution in [0.15, 0.2) is 24.3 Å². The Bertz CT molecular complexity index is 450. The van der Waals surface area contributed by atoms with Gasteiger partial charge < -0.3 is 15.1 Å². The maximum Gasteiger partial charge on any atom is 0.222 e. The molecular formula is C17H27N3O. The van der Waals surface area contributed by atoms with Crippen LogP contribution in [0.3, 0.4) is 0 Å². The molecule has 1 unspecified atom stereocenters. The van der Waals surface area contributed by atoms with Crippen molar-refractivity contribution in [3.63, 3.8) is 0 Å². The molecule has 21 heavy (non-hydrogen) atoms. The number of hydrogen-bond donors (Lipinski definition) is 1. The highest BCUT2D eigenvalue weighted by molar-refractivity contribution is 5.75. The highest BCUT2D eigenvalue weighted by atomic mass is 16.2. The summed E-state index contributed by atoms with van der Waals surface area (Å²) in [5, 5.41) is 3.35. The lowest BCUT2D eigenvalue weighted by Gasteiger charge is -2.19. The average Bonchev–Trinajstić information content (AvgIpc) is 2.98. The van der Waals surface area contributed by atoms with Crippen LogP contribution in [0.2, 0.25) is 0 Å². The molecule has 1 N–H and O–H groups in total. The lowest BCUT2D eigenvalue weighted by atomic mass is 10.0. The van der Waals surface area contributed by atoms with Gasteiger partial charge in [-0.1, -0.05) is 12.1 Å². The zero-order valence-electron chi connectivity index (χ0n) is 13.4. The monoisotopic (exact) mass is 289 g/mol. The van der Waals surface area contributed by atoms with Crippen LogP contribution in [0.25, 0.3) is 0 Å². The van der Waals surface area contributed by atoms with Gasteiger partial charge in [0, 0.05) is 39.8 Å². The highest BCUT2D eigenvalue weighted by Crippen LogP contribution is 2.16. The fourth-order valence-corrected chi connectivity index (χ4v) is 2.74. The molecule has 0 aromatic heterocycles. The summed E-state index contributed by atoms with van der Waals surface area (Å²) in [4.78, 5) is 16.1. The normalized spacial score (nSPS) is 17.8. The number of benzene rings is 1. The van der Waals surface area contributed by atoms with Crippen LogP contribution in [-0.2, 0) is 11.3 Å². The molecule has 4 nitrogen and oxygen atoms in total. The van der Waals surface area contributed by atoms with E-state index in [2.05, 4.69) is 34.5 Å². The number of nitrogens with one attached hydrogen (secondary N) is 1. The fraction of sp³-hybridized carbons (Fsp3) is 0.588. The largest absolute Gasteiger partial charge is 0.378 e. The van der Waals surface area contributed by atoms with Gasteiger partial charge >= 0.3 is 0 Å². The number of hydrogen-bond acceptors (Lipinski definition) is 3. The molecule has 1 atom stereocenters. The van der Waals surface area contributed by atoms with Gasteiger partial charge in [-0.3, -0.25) is 4.79 Å². The van der Waals surface area contributed by atoms with Crippen LogP contribution in [0.4, 0.5) is 5.69 Å². The molecule has 0 bridgehead atoms. The molecule has 1 aromatic carbocycles. The van der Waals surface area contributed by atoms with Crippen LogP contribution in [0.5, 0.6) is 0 Å². The van der Waals surface area contributed by atoms with E-state index < -0.39 is 0 Å². The van der Waals surface area contributed by atoms with Crippen molar-refractivity contribution in [1.82, 2.24) is 10.2 Å². The third kappa shape index (κ3) is 4.74. The van der Waals surface area contributed by atoms with Crippen molar-refractivity contribution in [2.75, 3.05) is 39.1 Å². The minimum Gasteiger partial charge on any atom is -0.378 e. The molecule has 0 saturated carbocycles. The van der Waals surface area contributed by atoms with Crippen molar-refractivity contribution in [2.45, 2.75) is 25.8 Å². The van der Waals surface area contributed by atoms with Gasteiger partial charge in [0.25, 0.3) is 0 Å². The molecule has 1 amide bonds. The Hall–Kier alpha value is -1.55. The predicted molar refractivity (Wildman–Crippen MR) is 87.5 cm³/mol. The van der Waals surface area contributed by atoms with E-state index in [9.17, 15) is 4.79 Å². The summed E-state index contributed by atoms with van der Waals surface area (Å²) >= 11 is 0. The molecule has 1 aromatic rings. The standard InChI is InChI=1S/C17H27N3O/c1-19(2)16-7-4-15(5-8-16)13-20(3)17(21)9-6-14-10-11-18-12-14/h4-5,7-8,14,18H,6,9-13H2,1-3H3. The molecule has 1 saturated heterocycles. The first-order valence-corrected chi connectivity index (χ1v) is 7.77. The quantitative estimate of drug-likeness (QED) is 0.871. The molecular weight excluding hydrogens is 262 g/mol. The van der Waals surface area contributed by atoms with E-state index in [1.807, 2.05) is 26.0 Å². The molecule has 0 aliphatic carbocycles. The van der Waals surface area contributed by atoms with Crippen molar-refractivity contribution in [3.05, 3.63) is 29.8 Å². The summed E-state index contributed by atoms with van der Waals surface area (Å²) in [6, 6.07) is 8.38. The van der Waals surface area contributed by atoms with Crippen LogP contribution >= 0.6 is 0 Å². The molecule has 2 rings (SSSR count). The van der Waals surface area contributed by atoms with E-state index in [1.54, 1.807) is 0 Å². The molecule has 4 heteroatoms. The minimum absolute atomic E-state index is 0.249. The van der Waals surface area contributed by atoms with E-state index in [-0.39, 0.29) is 5.91 Å². The summed E-state index contributed by atoms with van der Waals surface area (Å²) in [6.45, 7) is 2.87. The summed E-state index contributed by atoms with van der Waals surface area (Å²) in [5.41, 5.74) is 2.36. The maximum atomic E-state index is 12.2. The maximum absolute atomic E-state index is 12.2. The molecule has 1 aliphatic heterocycles. The first-order chi connectivity index (χ1) is 10.1. The number of carbonyl (C=O) groups is 1. The third-order valence-electron chi connectivity index (χ3n) is 4.23. The van der Waals surface area contributed by atoms with E-state index >= 15 is 0 Å². The summed E-state index contributed by atoms with van der Waals surface area (Å²) in [5.74, 6) is 0.931. The van der Waals surface area contributed by atoms with Gasteiger partial charge in [-0.15, -0.1) is 0 Å². The number of anilines is 1. The van der Waals surface area contributed by atoms with Crippen molar-refractivity contribution in [1.29, 1.82) is 0 Å². The van der Waals surface area contributed by atoms with Crippen LogP contribution in [0, 0.1) is 5.92 Å². The molecule has 116 valence electrons. The van der Waals surface area contributed by atoms with Crippen LogP contribution in [-0.4, -0.2) is 45.0 Å². The second-order valence-corrected chi connectivity index (χ2v) is 6.21. The predicted octanol–water partition coefficient (Wildman–Crippen LogP) is 2.10. The fourth-order valence-electron chi connectivity index (χ4n) is 2.74. The highest BCUT2D eigenvalue weighted by Gasteiger charge is 2.17. The molecule has 1 aliphatic rings. The summed E-state index contributed by atoms with van der Waals surface area (Å²) in [7, 11) is 5.96. The van der Waals surface area contributed by atoms with Crippen LogP contribution in [0.1, 0.15) is 24.8 Å². The van der Waals surface area contributed by atoms with Gasteiger partial charge in [-0.2, -0.15) is 0 Å². The Kier molecular flexibility index (Phi) is 5.62. The van der Waals surface area contributed by atoms with Crippen molar-refractivity contribution in [3.8, 4) is 0 Å². The average molecular weight is 289 g/mol. The van der Waals surface area contributed by atoms with Gasteiger partial charge in [0.2, 0.25) is 5.91 Å². The SMILES string of the molecule is CN(Cc1ccc(N(C)C)cc1)C(=O)CCC1CCNC1. The van der Waals surface area contributed by atoms with Gasteiger partial charge in [0.1, 0.15) is 0 Å². The molecule has 1 heterocycles. The van der Waals surface area contributed by atoms with E-state index in [1.165, 1.54) is 17.7 Å². The van der Waals surface area contributed by atoms with Crippen molar-refractivity contribution < 1.29 is 4.79 Å². The second kappa shape index (κ2) is 7.46. The Labute approximate surface area is 128 Å². The summed E-state index contributed by atoms with van der Waals surface area (Å²) < 4.78 is 0. The summed E-state index contributed by atoms with van der Waals surface area (Å²) in [6.07, 6.45) is 2.89. The van der Waals surface area contributed by atoms with Gasteiger partial charge in [-0.25, -0.2) is 0 Å². The van der Waals surface area contributed by atoms with Gasteiger partial charge in [0.15, 0.2) is 0 Å².